The van der Waals surface area contributed by atoms with Gasteiger partial charge in [0.25, 0.3) is 11.8 Å². The van der Waals surface area contributed by atoms with Gasteiger partial charge in [0.1, 0.15) is 5.58 Å². The Kier molecular flexibility index (Phi) is 5.48. The van der Waals surface area contributed by atoms with Crippen molar-refractivity contribution in [2.24, 2.45) is 0 Å². The number of halogens is 2. The van der Waals surface area contributed by atoms with Crippen LogP contribution in [0.3, 0.4) is 0 Å². The summed E-state index contributed by atoms with van der Waals surface area (Å²) in [5, 5.41) is 1.41. The molecule has 2 aliphatic rings. The van der Waals surface area contributed by atoms with E-state index < -0.39 is 22.8 Å². The van der Waals surface area contributed by atoms with Gasteiger partial charge in [-0.15, -0.1) is 11.3 Å². The van der Waals surface area contributed by atoms with Crippen LogP contribution in [-0.4, -0.2) is 16.8 Å². The van der Waals surface area contributed by atoms with Crippen molar-refractivity contribution in [2.75, 3.05) is 9.80 Å². The number of carbonyl (C=O) groups excluding carboxylic acids is 2. The fourth-order valence-corrected chi connectivity index (χ4v) is 6.87. The number of anilines is 2. The quantitative estimate of drug-likeness (QED) is 0.237. The summed E-state index contributed by atoms with van der Waals surface area (Å²) in [7, 11) is 0. The van der Waals surface area contributed by atoms with Gasteiger partial charge in [0.05, 0.1) is 28.9 Å². The average molecular weight is 588 g/mol. The van der Waals surface area contributed by atoms with Gasteiger partial charge in [-0.1, -0.05) is 53.5 Å². The van der Waals surface area contributed by atoms with E-state index >= 15 is 0 Å². The van der Waals surface area contributed by atoms with E-state index in [1.807, 2.05) is 38.1 Å². The third-order valence-corrected chi connectivity index (χ3v) is 9.09. The SMILES string of the molecule is Cc1nc(N2C(=O)c3oc4ccc(Cl)cc4c(=O)c3C23C(=O)N(Cc2ccc(Cl)cc2)c2ccccc23)sc1C. The molecule has 3 aromatic carbocycles. The summed E-state index contributed by atoms with van der Waals surface area (Å²) in [6.45, 7) is 3.94. The molecule has 4 heterocycles. The van der Waals surface area contributed by atoms with Crippen LogP contribution in [0.1, 0.15) is 37.8 Å². The summed E-state index contributed by atoms with van der Waals surface area (Å²) in [5.74, 6) is -1.23. The van der Waals surface area contributed by atoms with Crippen molar-refractivity contribution in [3.8, 4) is 0 Å². The summed E-state index contributed by atoms with van der Waals surface area (Å²) < 4.78 is 6.10. The number of amides is 2. The van der Waals surface area contributed by atoms with E-state index in [1.54, 1.807) is 41.3 Å². The van der Waals surface area contributed by atoms with Crippen LogP contribution >= 0.6 is 34.5 Å². The van der Waals surface area contributed by atoms with Crippen LogP contribution in [0.15, 0.2) is 75.9 Å². The molecule has 0 saturated heterocycles. The highest BCUT2D eigenvalue weighted by Gasteiger charge is 2.66. The number of hydrogen-bond donors (Lipinski definition) is 0. The Hall–Kier alpha value is -3.98. The Morgan fingerprint density at radius 1 is 0.950 bits per heavy atom. The lowest BCUT2D eigenvalue weighted by Gasteiger charge is -2.32. The van der Waals surface area contributed by atoms with Crippen LogP contribution in [0.25, 0.3) is 11.0 Å². The van der Waals surface area contributed by atoms with Crippen molar-refractivity contribution in [1.29, 1.82) is 0 Å². The first-order chi connectivity index (χ1) is 19.2. The molecule has 0 bridgehead atoms. The number of aromatic nitrogens is 1. The smallest absolute Gasteiger partial charge is 0.297 e. The average Bonchev–Trinajstić information content (AvgIpc) is 3.49. The van der Waals surface area contributed by atoms with Crippen molar-refractivity contribution in [3.63, 3.8) is 0 Å². The number of hydrogen-bond acceptors (Lipinski definition) is 6. The zero-order valence-corrected chi connectivity index (χ0v) is 23.5. The van der Waals surface area contributed by atoms with Gasteiger partial charge in [0.15, 0.2) is 16.1 Å². The minimum Gasteiger partial charge on any atom is -0.450 e. The third-order valence-electron chi connectivity index (χ3n) is 7.55. The fourth-order valence-electron chi connectivity index (χ4n) is 5.62. The topological polar surface area (TPSA) is 83.7 Å². The van der Waals surface area contributed by atoms with E-state index in [1.165, 1.54) is 22.3 Å². The second-order valence-electron chi connectivity index (χ2n) is 9.80. The minimum absolute atomic E-state index is 0.0335. The van der Waals surface area contributed by atoms with Crippen molar-refractivity contribution in [2.45, 2.75) is 25.9 Å². The van der Waals surface area contributed by atoms with Crippen LogP contribution in [0.5, 0.6) is 0 Å². The van der Waals surface area contributed by atoms with E-state index in [-0.39, 0.29) is 28.8 Å². The summed E-state index contributed by atoms with van der Waals surface area (Å²) in [4.78, 5) is 51.9. The van der Waals surface area contributed by atoms with Crippen molar-refractivity contribution >= 4 is 68.1 Å². The van der Waals surface area contributed by atoms with Crippen molar-refractivity contribution in [3.05, 3.63) is 120 Å². The maximum Gasteiger partial charge on any atom is 0.297 e. The zero-order valence-electron chi connectivity index (χ0n) is 21.2. The van der Waals surface area contributed by atoms with E-state index in [2.05, 4.69) is 4.98 Å². The Morgan fingerprint density at radius 3 is 2.40 bits per heavy atom. The largest absolute Gasteiger partial charge is 0.450 e. The van der Waals surface area contributed by atoms with Crippen LogP contribution < -0.4 is 15.2 Å². The highest BCUT2D eigenvalue weighted by Crippen LogP contribution is 2.55. The van der Waals surface area contributed by atoms with Crippen molar-refractivity contribution < 1.29 is 14.0 Å². The van der Waals surface area contributed by atoms with E-state index in [4.69, 9.17) is 27.6 Å². The minimum atomic E-state index is -1.82. The number of thiazole rings is 1. The zero-order chi connectivity index (χ0) is 27.9. The molecule has 1 spiro atoms. The number of aryl methyl sites for hydroxylation is 2. The molecule has 2 aromatic heterocycles. The molecule has 40 heavy (non-hydrogen) atoms. The first-order valence-corrected chi connectivity index (χ1v) is 14.0. The molecule has 1 unspecified atom stereocenters. The number of para-hydroxylation sites is 1. The molecular formula is C30H19Cl2N3O4S. The molecule has 198 valence electrons. The lowest BCUT2D eigenvalue weighted by Crippen LogP contribution is -2.53. The van der Waals surface area contributed by atoms with E-state index in [0.717, 1.165) is 16.1 Å². The van der Waals surface area contributed by atoms with Gasteiger partial charge in [0, 0.05) is 20.5 Å². The predicted octanol–water partition coefficient (Wildman–Crippen LogP) is 6.62. The third kappa shape index (κ3) is 3.30. The number of benzene rings is 3. The molecule has 1 atom stereocenters. The Labute approximate surface area is 242 Å². The Bertz CT molecular complexity index is 1950. The van der Waals surface area contributed by atoms with Gasteiger partial charge in [0.2, 0.25) is 5.76 Å². The number of carbonyl (C=O) groups is 2. The fraction of sp³-hybridized carbons (Fsp3) is 0.133. The molecule has 0 saturated carbocycles. The van der Waals surface area contributed by atoms with Gasteiger partial charge in [-0.05, 0) is 55.8 Å². The number of fused-ring (bicyclic) bond motifs is 5. The standard InChI is InChI=1S/C30H19Cl2N3O4S/c1-15-16(2)40-29(33-15)35-27(37)26-24(25(36)20-13-19(32)11-12-23(20)39-26)30(35)21-5-3-4-6-22(21)34(28(30)38)14-17-7-9-18(31)10-8-17/h3-13H,14H2,1-2H3. The van der Waals surface area contributed by atoms with E-state index in [0.29, 0.717) is 26.4 Å². The molecule has 7 nitrogen and oxygen atoms in total. The molecule has 0 N–H and O–H groups in total. The number of nitrogens with zero attached hydrogens (tertiary/aromatic N) is 3. The summed E-state index contributed by atoms with van der Waals surface area (Å²) in [5.41, 5.74) is 0.518. The summed E-state index contributed by atoms with van der Waals surface area (Å²) in [6.07, 6.45) is 0. The van der Waals surface area contributed by atoms with E-state index in [9.17, 15) is 14.4 Å². The second-order valence-corrected chi connectivity index (χ2v) is 11.9. The van der Waals surface area contributed by atoms with Crippen LogP contribution in [0.4, 0.5) is 10.8 Å². The maximum atomic E-state index is 14.9. The first-order valence-electron chi connectivity index (χ1n) is 12.4. The summed E-state index contributed by atoms with van der Waals surface area (Å²) >= 11 is 13.6. The predicted molar refractivity (Wildman–Crippen MR) is 156 cm³/mol. The maximum absolute atomic E-state index is 14.9. The molecular weight excluding hydrogens is 569 g/mol. The van der Waals surface area contributed by atoms with Crippen molar-refractivity contribution in [1.82, 2.24) is 4.98 Å². The summed E-state index contributed by atoms with van der Waals surface area (Å²) in [6, 6.07) is 19.0. The first kappa shape index (κ1) is 25.0. The van der Waals surface area contributed by atoms with Gasteiger partial charge < -0.3 is 9.32 Å². The van der Waals surface area contributed by atoms with Gasteiger partial charge in [-0.2, -0.15) is 0 Å². The highest BCUT2D eigenvalue weighted by atomic mass is 35.5. The van der Waals surface area contributed by atoms with Gasteiger partial charge in [-0.3, -0.25) is 19.3 Å². The molecule has 0 radical (unpaired) electrons. The molecule has 10 heteroatoms. The molecule has 0 aliphatic carbocycles. The highest BCUT2D eigenvalue weighted by molar-refractivity contribution is 7.16. The molecule has 2 aliphatic heterocycles. The molecule has 7 rings (SSSR count). The van der Waals surface area contributed by atoms with Gasteiger partial charge in [-0.25, -0.2) is 4.98 Å². The lowest BCUT2D eigenvalue weighted by atomic mass is 9.84. The molecule has 0 fully saturated rings. The molecule has 2 amide bonds. The van der Waals surface area contributed by atoms with Crippen LogP contribution in [0.2, 0.25) is 10.0 Å². The Balaban J connectivity index is 1.56. The van der Waals surface area contributed by atoms with Gasteiger partial charge >= 0.3 is 0 Å². The second kappa shape index (κ2) is 8.76. The monoisotopic (exact) mass is 587 g/mol. The molecule has 5 aromatic rings. The lowest BCUT2D eigenvalue weighted by molar-refractivity contribution is -0.121. The normalized spacial score (nSPS) is 17.8. The Morgan fingerprint density at radius 2 is 1.68 bits per heavy atom. The number of rotatable bonds is 3. The van der Waals surface area contributed by atoms with Crippen LogP contribution in [0, 0.1) is 13.8 Å². The van der Waals surface area contributed by atoms with Crippen LogP contribution in [-0.2, 0) is 16.9 Å².